The fourth-order valence-electron chi connectivity index (χ4n) is 1.33. The molecule has 0 heterocycles. The summed E-state index contributed by atoms with van der Waals surface area (Å²) in [5, 5.41) is 0. The van der Waals surface area contributed by atoms with Gasteiger partial charge in [-0.15, -0.1) is 0 Å². The standard InChI is InChI=1S/C12H17O4P/c1-4-10(3)16-17(14,15)12(13)11-8-6-5-7-9(11)2/h5-8,10H,4H2,1-3H3,(H,14,15). The molecule has 0 aliphatic heterocycles. The average Bonchev–Trinajstić information content (AvgIpc) is 2.28. The van der Waals surface area contributed by atoms with Crippen molar-refractivity contribution in [3.05, 3.63) is 35.4 Å². The topological polar surface area (TPSA) is 63.6 Å². The molecule has 1 aromatic rings. The van der Waals surface area contributed by atoms with E-state index in [2.05, 4.69) is 0 Å². The lowest BCUT2D eigenvalue weighted by atomic mass is 10.1. The first kappa shape index (κ1) is 14.1. The summed E-state index contributed by atoms with van der Waals surface area (Å²) in [4.78, 5) is 21.5. The van der Waals surface area contributed by atoms with Gasteiger partial charge in [0.25, 0.3) is 5.52 Å². The fraction of sp³-hybridized carbons (Fsp3) is 0.417. The zero-order chi connectivity index (χ0) is 13.1. The molecule has 0 radical (unpaired) electrons. The van der Waals surface area contributed by atoms with Crippen LogP contribution in [0, 0.1) is 6.92 Å². The first-order valence-corrected chi connectivity index (χ1v) is 7.08. The van der Waals surface area contributed by atoms with Crippen LogP contribution in [0.15, 0.2) is 24.3 Å². The minimum Gasteiger partial charge on any atom is -0.319 e. The second-order valence-corrected chi connectivity index (χ2v) is 5.62. The van der Waals surface area contributed by atoms with E-state index in [9.17, 15) is 14.3 Å². The normalized spacial score (nSPS) is 16.2. The van der Waals surface area contributed by atoms with Crippen LogP contribution in [0.3, 0.4) is 0 Å². The third-order valence-electron chi connectivity index (χ3n) is 2.53. The van der Waals surface area contributed by atoms with Crippen molar-refractivity contribution in [2.45, 2.75) is 33.3 Å². The van der Waals surface area contributed by atoms with Gasteiger partial charge in [0, 0.05) is 5.56 Å². The second kappa shape index (κ2) is 5.58. The monoisotopic (exact) mass is 256 g/mol. The lowest BCUT2D eigenvalue weighted by Gasteiger charge is -2.16. The highest BCUT2D eigenvalue weighted by molar-refractivity contribution is 7.71. The summed E-state index contributed by atoms with van der Waals surface area (Å²) < 4.78 is 16.7. The van der Waals surface area contributed by atoms with E-state index in [1.54, 1.807) is 32.0 Å². The van der Waals surface area contributed by atoms with Gasteiger partial charge in [-0.1, -0.05) is 31.2 Å². The number of aryl methyl sites for hydroxylation is 1. The van der Waals surface area contributed by atoms with Crippen LogP contribution in [-0.4, -0.2) is 16.5 Å². The Balaban J connectivity index is 2.97. The summed E-state index contributed by atoms with van der Waals surface area (Å²) in [6, 6.07) is 6.67. The highest BCUT2D eigenvalue weighted by Gasteiger charge is 2.34. The quantitative estimate of drug-likeness (QED) is 0.822. The number of carbonyl (C=O) groups excluding carboxylic acids is 1. The van der Waals surface area contributed by atoms with Gasteiger partial charge in [-0.2, -0.15) is 0 Å². The Morgan fingerprint density at radius 2 is 2.06 bits per heavy atom. The van der Waals surface area contributed by atoms with Gasteiger partial charge in [0.05, 0.1) is 6.10 Å². The Morgan fingerprint density at radius 1 is 1.47 bits per heavy atom. The lowest BCUT2D eigenvalue weighted by molar-refractivity contribution is 0.0991. The molecular formula is C12H17O4P. The first-order valence-electron chi connectivity index (χ1n) is 5.50. The molecule has 17 heavy (non-hydrogen) atoms. The van der Waals surface area contributed by atoms with E-state index >= 15 is 0 Å². The molecule has 0 saturated carbocycles. The molecular weight excluding hydrogens is 239 g/mol. The number of hydrogen-bond donors (Lipinski definition) is 1. The predicted molar refractivity (Wildman–Crippen MR) is 66.2 cm³/mol. The van der Waals surface area contributed by atoms with Crippen LogP contribution in [-0.2, 0) is 9.09 Å². The van der Waals surface area contributed by atoms with Crippen LogP contribution in [0.25, 0.3) is 0 Å². The molecule has 0 aromatic heterocycles. The third-order valence-corrected chi connectivity index (χ3v) is 3.93. The maximum absolute atomic E-state index is 11.9. The minimum atomic E-state index is -4.24. The smallest absolute Gasteiger partial charge is 0.319 e. The summed E-state index contributed by atoms with van der Waals surface area (Å²) in [5.41, 5.74) is 0.0667. The summed E-state index contributed by atoms with van der Waals surface area (Å²) in [7, 11) is -4.24. The summed E-state index contributed by atoms with van der Waals surface area (Å²) in [5.74, 6) is 0. The van der Waals surface area contributed by atoms with E-state index in [-0.39, 0.29) is 5.56 Å². The predicted octanol–water partition coefficient (Wildman–Crippen LogP) is 3.14. The molecule has 5 heteroatoms. The van der Waals surface area contributed by atoms with Crippen LogP contribution >= 0.6 is 7.60 Å². The van der Waals surface area contributed by atoms with Gasteiger partial charge in [-0.05, 0) is 25.8 Å². The molecule has 0 bridgehead atoms. The summed E-state index contributed by atoms with van der Waals surface area (Å²) in [6.45, 7) is 5.20. The van der Waals surface area contributed by atoms with Crippen molar-refractivity contribution in [2.75, 3.05) is 0 Å². The van der Waals surface area contributed by atoms with Crippen molar-refractivity contribution in [1.82, 2.24) is 0 Å². The van der Waals surface area contributed by atoms with Crippen molar-refractivity contribution in [3.63, 3.8) is 0 Å². The van der Waals surface area contributed by atoms with Gasteiger partial charge in [0.1, 0.15) is 0 Å². The van der Waals surface area contributed by atoms with Crippen LogP contribution in [0.1, 0.15) is 36.2 Å². The van der Waals surface area contributed by atoms with E-state index in [1.807, 2.05) is 6.92 Å². The van der Waals surface area contributed by atoms with Crippen molar-refractivity contribution in [1.29, 1.82) is 0 Å². The van der Waals surface area contributed by atoms with E-state index < -0.39 is 19.2 Å². The van der Waals surface area contributed by atoms with Gasteiger partial charge in [-0.25, -0.2) is 0 Å². The Bertz CT molecular complexity index is 456. The molecule has 4 nitrogen and oxygen atoms in total. The molecule has 0 amide bonds. The second-order valence-electron chi connectivity index (χ2n) is 3.96. The molecule has 0 aliphatic carbocycles. The summed E-state index contributed by atoms with van der Waals surface area (Å²) in [6.07, 6.45) is 0.157. The van der Waals surface area contributed by atoms with Crippen LogP contribution in [0.5, 0.6) is 0 Å². The molecule has 2 atom stereocenters. The highest BCUT2D eigenvalue weighted by Crippen LogP contribution is 2.47. The Hall–Kier alpha value is -0.960. The largest absolute Gasteiger partial charge is 0.399 e. The Kier molecular flexibility index (Phi) is 4.63. The zero-order valence-corrected chi connectivity index (χ0v) is 11.1. The molecule has 1 rings (SSSR count). The molecule has 2 unspecified atom stereocenters. The average molecular weight is 256 g/mol. The van der Waals surface area contributed by atoms with E-state index in [0.717, 1.165) is 0 Å². The third kappa shape index (κ3) is 3.50. The molecule has 0 spiro atoms. The maximum atomic E-state index is 11.9. The maximum Gasteiger partial charge on any atom is 0.399 e. The van der Waals surface area contributed by atoms with Crippen LogP contribution < -0.4 is 0 Å². The van der Waals surface area contributed by atoms with Crippen molar-refractivity contribution in [2.24, 2.45) is 0 Å². The Morgan fingerprint density at radius 3 is 2.59 bits per heavy atom. The molecule has 0 aliphatic rings. The van der Waals surface area contributed by atoms with Gasteiger partial charge in [0.15, 0.2) is 0 Å². The fourth-order valence-corrected chi connectivity index (χ4v) is 2.62. The minimum absolute atomic E-state index is 0.238. The number of hydrogen-bond acceptors (Lipinski definition) is 3. The van der Waals surface area contributed by atoms with Gasteiger partial charge < -0.3 is 9.42 Å². The van der Waals surface area contributed by atoms with E-state index in [0.29, 0.717) is 12.0 Å². The molecule has 1 aromatic carbocycles. The zero-order valence-electron chi connectivity index (χ0n) is 10.2. The molecule has 0 saturated heterocycles. The van der Waals surface area contributed by atoms with Crippen molar-refractivity contribution >= 4 is 13.1 Å². The SMILES string of the molecule is CCC(C)OP(=O)(O)C(=O)c1ccccc1C. The lowest BCUT2D eigenvalue weighted by Crippen LogP contribution is -2.11. The van der Waals surface area contributed by atoms with E-state index in [1.165, 1.54) is 6.07 Å². The van der Waals surface area contributed by atoms with Gasteiger partial charge >= 0.3 is 7.60 Å². The number of carbonyl (C=O) groups is 1. The van der Waals surface area contributed by atoms with Crippen LogP contribution in [0.4, 0.5) is 0 Å². The Labute approximate surface area is 101 Å². The van der Waals surface area contributed by atoms with Crippen molar-refractivity contribution < 1.29 is 18.8 Å². The molecule has 1 N–H and O–H groups in total. The summed E-state index contributed by atoms with van der Waals surface area (Å²) >= 11 is 0. The van der Waals surface area contributed by atoms with Gasteiger partial charge in [0.2, 0.25) is 0 Å². The van der Waals surface area contributed by atoms with Crippen molar-refractivity contribution in [3.8, 4) is 0 Å². The number of benzene rings is 1. The highest BCUT2D eigenvalue weighted by atomic mass is 31.2. The van der Waals surface area contributed by atoms with Gasteiger partial charge in [-0.3, -0.25) is 9.36 Å². The molecule has 94 valence electrons. The first-order chi connectivity index (χ1) is 7.88. The number of rotatable bonds is 5. The molecule has 0 fully saturated rings. The van der Waals surface area contributed by atoms with E-state index in [4.69, 9.17) is 4.52 Å². The van der Waals surface area contributed by atoms with Crippen LogP contribution in [0.2, 0.25) is 0 Å².